The minimum atomic E-state index is -0.479. The lowest BCUT2D eigenvalue weighted by atomic mass is 10.0. The van der Waals surface area contributed by atoms with Crippen molar-refractivity contribution in [3.63, 3.8) is 0 Å². The van der Waals surface area contributed by atoms with Gasteiger partial charge in [0.1, 0.15) is 16.1 Å². The molecule has 0 aliphatic rings. The highest BCUT2D eigenvalue weighted by Gasteiger charge is 2.18. The number of azo groups is 1. The van der Waals surface area contributed by atoms with E-state index < -0.39 is 4.92 Å². The minimum absolute atomic E-state index is 0.0175. The lowest BCUT2D eigenvalue weighted by molar-refractivity contribution is -0.384. The van der Waals surface area contributed by atoms with Gasteiger partial charge in [0.15, 0.2) is 0 Å². The molecule has 2 N–H and O–H groups in total. The van der Waals surface area contributed by atoms with Crippen molar-refractivity contribution in [2.45, 2.75) is 0 Å². The predicted octanol–water partition coefficient (Wildman–Crippen LogP) is 5.19. The maximum Gasteiger partial charge on any atom is 0.269 e. The number of nitrogens with two attached hydrogens (primary N) is 1. The zero-order valence-electron chi connectivity index (χ0n) is 12.8. The van der Waals surface area contributed by atoms with E-state index in [4.69, 9.17) is 5.73 Å². The second-order valence-corrected chi connectivity index (χ2v) is 6.00. The minimum Gasteiger partial charge on any atom is -0.389 e. The van der Waals surface area contributed by atoms with Gasteiger partial charge in [-0.25, -0.2) is 0 Å². The van der Waals surface area contributed by atoms with Crippen LogP contribution in [0, 0.1) is 21.4 Å². The Morgan fingerprint density at radius 2 is 1.76 bits per heavy atom. The second-order valence-electron chi connectivity index (χ2n) is 4.97. The zero-order valence-corrected chi connectivity index (χ0v) is 13.6. The van der Waals surface area contributed by atoms with E-state index in [1.165, 1.54) is 35.6 Å². The molecule has 0 fully saturated rings. The van der Waals surface area contributed by atoms with Crippen LogP contribution >= 0.6 is 11.3 Å². The molecule has 1 aromatic heterocycles. The Balaban J connectivity index is 2.00. The summed E-state index contributed by atoms with van der Waals surface area (Å²) in [6.45, 7) is 0. The highest BCUT2D eigenvalue weighted by molar-refractivity contribution is 7.20. The first kappa shape index (κ1) is 16.3. The summed E-state index contributed by atoms with van der Waals surface area (Å²) in [6, 6.07) is 17.2. The van der Waals surface area contributed by atoms with E-state index in [-0.39, 0.29) is 5.69 Å². The molecule has 0 aliphatic carbocycles. The summed E-state index contributed by atoms with van der Waals surface area (Å²) in [5.41, 5.74) is 8.21. The Kier molecular flexibility index (Phi) is 4.50. The summed E-state index contributed by atoms with van der Waals surface area (Å²) < 4.78 is 0. The first-order valence-corrected chi connectivity index (χ1v) is 7.96. The van der Waals surface area contributed by atoms with Gasteiger partial charge >= 0.3 is 0 Å². The Morgan fingerprint density at radius 1 is 1.08 bits per heavy atom. The Labute approximate surface area is 146 Å². The molecule has 0 spiro atoms. The fourth-order valence-electron chi connectivity index (χ4n) is 2.23. The zero-order chi connectivity index (χ0) is 17.8. The van der Waals surface area contributed by atoms with E-state index in [1.54, 1.807) is 0 Å². The van der Waals surface area contributed by atoms with Gasteiger partial charge in [-0.05, 0) is 17.7 Å². The molecular weight excluding hydrogens is 338 g/mol. The molecule has 0 amide bonds. The van der Waals surface area contributed by atoms with Crippen LogP contribution in [0.1, 0.15) is 5.56 Å². The molecule has 25 heavy (non-hydrogen) atoms. The molecule has 3 rings (SSSR count). The van der Waals surface area contributed by atoms with E-state index in [0.29, 0.717) is 26.8 Å². The molecule has 8 heteroatoms. The molecule has 0 unspecified atom stereocenters. The lowest BCUT2D eigenvalue weighted by Gasteiger charge is -2.00. The largest absolute Gasteiger partial charge is 0.389 e. The van der Waals surface area contributed by atoms with Crippen molar-refractivity contribution >= 4 is 32.7 Å². The topological polar surface area (TPSA) is 118 Å². The van der Waals surface area contributed by atoms with Crippen molar-refractivity contribution in [2.75, 3.05) is 5.73 Å². The smallest absolute Gasteiger partial charge is 0.269 e. The summed E-state index contributed by atoms with van der Waals surface area (Å²) in [6.07, 6.45) is 0. The van der Waals surface area contributed by atoms with Gasteiger partial charge in [-0.2, -0.15) is 5.26 Å². The average molecular weight is 349 g/mol. The summed E-state index contributed by atoms with van der Waals surface area (Å²) in [4.78, 5) is 10.2. The van der Waals surface area contributed by atoms with Crippen molar-refractivity contribution in [3.8, 4) is 17.2 Å². The van der Waals surface area contributed by atoms with Crippen LogP contribution in [-0.4, -0.2) is 4.92 Å². The number of benzene rings is 2. The van der Waals surface area contributed by atoms with Crippen molar-refractivity contribution in [1.82, 2.24) is 0 Å². The first-order valence-electron chi connectivity index (χ1n) is 7.14. The van der Waals surface area contributed by atoms with E-state index in [0.717, 1.165) is 5.56 Å². The molecule has 0 atom stereocenters. The number of nitriles is 1. The number of hydrogen-bond donors (Lipinski definition) is 1. The number of nitrogen functional groups attached to an aromatic ring is 1. The van der Waals surface area contributed by atoms with E-state index in [9.17, 15) is 15.4 Å². The molecular formula is C17H11N5O2S. The summed E-state index contributed by atoms with van der Waals surface area (Å²) >= 11 is 1.17. The summed E-state index contributed by atoms with van der Waals surface area (Å²) in [5, 5.41) is 29.2. The molecule has 0 saturated carbocycles. The van der Waals surface area contributed by atoms with Gasteiger partial charge in [0.25, 0.3) is 5.69 Å². The number of rotatable bonds is 4. The number of thiophene rings is 1. The third-order valence-corrected chi connectivity index (χ3v) is 4.31. The predicted molar refractivity (Wildman–Crippen MR) is 96.2 cm³/mol. The molecule has 1 heterocycles. The van der Waals surface area contributed by atoms with Crippen molar-refractivity contribution in [2.24, 2.45) is 10.2 Å². The Bertz CT molecular complexity index is 988. The number of anilines is 1. The van der Waals surface area contributed by atoms with Crippen LogP contribution < -0.4 is 5.73 Å². The maximum atomic E-state index is 10.7. The molecule has 7 nitrogen and oxygen atoms in total. The van der Waals surface area contributed by atoms with Crippen LogP contribution in [0.4, 0.5) is 21.4 Å². The van der Waals surface area contributed by atoms with Gasteiger partial charge in [0.2, 0.25) is 0 Å². The van der Waals surface area contributed by atoms with Crippen molar-refractivity contribution in [3.05, 3.63) is 70.3 Å². The monoisotopic (exact) mass is 349 g/mol. The van der Waals surface area contributed by atoms with Gasteiger partial charge < -0.3 is 5.73 Å². The number of hydrogen-bond acceptors (Lipinski definition) is 7. The Morgan fingerprint density at radius 3 is 2.36 bits per heavy atom. The lowest BCUT2D eigenvalue weighted by Crippen LogP contribution is -1.85. The first-order chi connectivity index (χ1) is 12.1. The van der Waals surface area contributed by atoms with Crippen LogP contribution in [0.5, 0.6) is 0 Å². The molecule has 0 saturated heterocycles. The van der Waals surface area contributed by atoms with Crippen LogP contribution in [0.25, 0.3) is 11.1 Å². The molecule has 122 valence electrons. The van der Waals surface area contributed by atoms with Gasteiger partial charge in [-0.1, -0.05) is 41.7 Å². The molecule has 0 aliphatic heterocycles. The summed E-state index contributed by atoms with van der Waals surface area (Å²) in [5.74, 6) is 0. The van der Waals surface area contributed by atoms with E-state index >= 15 is 0 Å². The Hall–Kier alpha value is -3.57. The van der Waals surface area contributed by atoms with E-state index in [1.807, 2.05) is 30.3 Å². The molecule has 3 aromatic rings. The van der Waals surface area contributed by atoms with Gasteiger partial charge in [-0.15, -0.1) is 10.2 Å². The average Bonchev–Trinajstić information content (AvgIpc) is 2.96. The second kappa shape index (κ2) is 6.90. The molecule has 2 aromatic carbocycles. The molecule has 0 radical (unpaired) electrons. The van der Waals surface area contributed by atoms with Crippen LogP contribution in [0.3, 0.4) is 0 Å². The number of nitrogens with zero attached hydrogens (tertiary/aromatic N) is 4. The fraction of sp³-hybridized carbons (Fsp3) is 0. The third-order valence-electron chi connectivity index (χ3n) is 3.41. The van der Waals surface area contributed by atoms with Crippen LogP contribution in [-0.2, 0) is 0 Å². The van der Waals surface area contributed by atoms with Crippen molar-refractivity contribution < 1.29 is 4.92 Å². The quantitative estimate of drug-likeness (QED) is 0.396. The number of nitro groups is 1. The van der Waals surface area contributed by atoms with E-state index in [2.05, 4.69) is 16.3 Å². The van der Waals surface area contributed by atoms with Crippen LogP contribution in [0.2, 0.25) is 0 Å². The summed E-state index contributed by atoms with van der Waals surface area (Å²) in [7, 11) is 0. The van der Waals surface area contributed by atoms with Gasteiger partial charge in [0, 0.05) is 17.7 Å². The maximum absolute atomic E-state index is 10.7. The number of nitro benzene ring substituents is 1. The fourth-order valence-corrected chi connectivity index (χ4v) is 3.10. The van der Waals surface area contributed by atoms with Gasteiger partial charge in [-0.3, -0.25) is 10.1 Å². The van der Waals surface area contributed by atoms with Crippen molar-refractivity contribution in [1.29, 1.82) is 5.26 Å². The van der Waals surface area contributed by atoms with Gasteiger partial charge in [0.05, 0.1) is 16.2 Å². The highest BCUT2D eigenvalue weighted by atomic mass is 32.1. The highest BCUT2D eigenvalue weighted by Crippen LogP contribution is 2.44. The normalized spacial score (nSPS) is 10.7. The SMILES string of the molecule is N#Cc1c(N)sc(N=Nc2ccc([N+](=O)[O-])cc2)c1-c1ccccc1. The number of non-ortho nitro benzene ring substituents is 1. The van der Waals surface area contributed by atoms with Crippen LogP contribution in [0.15, 0.2) is 64.8 Å². The standard InChI is InChI=1S/C17H11N5O2S/c18-10-14-15(11-4-2-1-3-5-11)17(25-16(14)19)21-20-12-6-8-13(9-7-12)22(23)24/h1-9H,19H2. The third kappa shape index (κ3) is 3.36. The molecule has 0 bridgehead atoms.